The van der Waals surface area contributed by atoms with Crippen molar-refractivity contribution < 1.29 is 0 Å². The summed E-state index contributed by atoms with van der Waals surface area (Å²) < 4.78 is 1.06. The first kappa shape index (κ1) is 10.9. The topological polar surface area (TPSA) is 25.8 Å². The molecule has 15 heavy (non-hydrogen) atoms. The molecule has 5 heteroatoms. The molecule has 0 saturated heterocycles. The predicted molar refractivity (Wildman–Crippen MR) is 65.3 cm³/mol. The molecule has 0 radical (unpaired) electrons. The fraction of sp³-hybridized carbons (Fsp3) is 0. The van der Waals surface area contributed by atoms with Crippen molar-refractivity contribution in [2.45, 2.75) is 9.92 Å². The van der Waals surface area contributed by atoms with E-state index in [9.17, 15) is 0 Å². The highest BCUT2D eigenvalue weighted by molar-refractivity contribution is 9.10. The van der Waals surface area contributed by atoms with Crippen molar-refractivity contribution in [2.75, 3.05) is 0 Å². The third kappa shape index (κ3) is 3.19. The largest absolute Gasteiger partial charge is 0.230 e. The van der Waals surface area contributed by atoms with E-state index in [0.29, 0.717) is 5.15 Å². The van der Waals surface area contributed by atoms with Crippen LogP contribution in [0.2, 0.25) is 5.15 Å². The average Bonchev–Trinajstić information content (AvgIpc) is 2.22. The molecule has 2 aromatic rings. The van der Waals surface area contributed by atoms with Gasteiger partial charge in [0, 0.05) is 15.4 Å². The van der Waals surface area contributed by atoms with Gasteiger partial charge in [-0.05, 0) is 24.3 Å². The van der Waals surface area contributed by atoms with E-state index in [0.717, 1.165) is 14.4 Å². The third-order valence-corrected chi connectivity index (χ3v) is 3.32. The molecule has 0 atom stereocenters. The number of rotatable bonds is 2. The van der Waals surface area contributed by atoms with Gasteiger partial charge in [-0.2, -0.15) is 0 Å². The van der Waals surface area contributed by atoms with Crippen molar-refractivity contribution in [1.82, 2.24) is 9.97 Å². The van der Waals surface area contributed by atoms with Crippen LogP contribution in [-0.2, 0) is 0 Å². The molecule has 0 aliphatic heterocycles. The Labute approximate surface area is 105 Å². The summed E-state index contributed by atoms with van der Waals surface area (Å²) in [6.07, 6.45) is 1.46. The van der Waals surface area contributed by atoms with Gasteiger partial charge in [0.1, 0.15) is 16.5 Å². The number of hydrogen-bond donors (Lipinski definition) is 0. The van der Waals surface area contributed by atoms with E-state index in [1.807, 2.05) is 24.3 Å². The van der Waals surface area contributed by atoms with E-state index >= 15 is 0 Å². The van der Waals surface area contributed by atoms with E-state index < -0.39 is 0 Å². The molecular weight excluding hydrogens is 296 g/mol. The molecule has 0 N–H and O–H groups in total. The molecule has 1 aromatic carbocycles. The number of aromatic nitrogens is 2. The summed E-state index contributed by atoms with van der Waals surface area (Å²) in [4.78, 5) is 9.06. The van der Waals surface area contributed by atoms with Crippen LogP contribution in [0.25, 0.3) is 0 Å². The van der Waals surface area contributed by atoms with Gasteiger partial charge in [-0.25, -0.2) is 9.97 Å². The molecule has 0 fully saturated rings. The van der Waals surface area contributed by atoms with Crippen LogP contribution in [0, 0.1) is 0 Å². The average molecular weight is 302 g/mol. The Hall–Kier alpha value is -0.580. The second-order valence-electron chi connectivity index (χ2n) is 2.73. The highest BCUT2D eigenvalue weighted by Crippen LogP contribution is 2.27. The molecule has 76 valence electrons. The number of hydrogen-bond acceptors (Lipinski definition) is 3. The van der Waals surface area contributed by atoms with Gasteiger partial charge >= 0.3 is 0 Å². The molecule has 0 saturated carbocycles. The maximum Gasteiger partial charge on any atom is 0.133 e. The number of benzene rings is 1. The molecule has 0 amide bonds. The van der Waals surface area contributed by atoms with Crippen molar-refractivity contribution in [2.24, 2.45) is 0 Å². The zero-order valence-electron chi connectivity index (χ0n) is 7.52. The van der Waals surface area contributed by atoms with E-state index in [4.69, 9.17) is 11.6 Å². The maximum absolute atomic E-state index is 5.76. The summed E-state index contributed by atoms with van der Waals surface area (Å²) in [6.45, 7) is 0. The first-order chi connectivity index (χ1) is 7.24. The predicted octanol–water partition coefficient (Wildman–Crippen LogP) is 4.04. The fourth-order valence-corrected chi connectivity index (χ4v) is 2.26. The van der Waals surface area contributed by atoms with Crippen LogP contribution < -0.4 is 0 Å². The summed E-state index contributed by atoms with van der Waals surface area (Å²) in [5.41, 5.74) is 0. The number of nitrogens with zero attached hydrogens (tertiary/aromatic N) is 2. The summed E-state index contributed by atoms with van der Waals surface area (Å²) in [6, 6.07) is 9.76. The standard InChI is InChI=1S/C10H6BrClN2S/c11-7-1-3-8(4-2-7)15-10-5-9(12)13-6-14-10/h1-6H. The molecular formula is C10H6BrClN2S. The fourth-order valence-electron chi connectivity index (χ4n) is 0.997. The Balaban J connectivity index is 2.18. The SMILES string of the molecule is Clc1cc(Sc2ccc(Br)cc2)ncn1. The molecule has 1 heterocycles. The quantitative estimate of drug-likeness (QED) is 0.783. The van der Waals surface area contributed by atoms with Gasteiger partial charge in [0.25, 0.3) is 0 Å². The molecule has 0 aliphatic carbocycles. The second-order valence-corrected chi connectivity index (χ2v) is 5.13. The van der Waals surface area contributed by atoms with Crippen LogP contribution in [0.3, 0.4) is 0 Å². The molecule has 2 nitrogen and oxygen atoms in total. The first-order valence-corrected chi connectivity index (χ1v) is 6.14. The highest BCUT2D eigenvalue weighted by atomic mass is 79.9. The lowest BCUT2D eigenvalue weighted by Gasteiger charge is -2.00. The van der Waals surface area contributed by atoms with Crippen molar-refractivity contribution in [3.8, 4) is 0 Å². The van der Waals surface area contributed by atoms with Crippen LogP contribution in [0.15, 0.2) is 51.1 Å². The molecule has 0 bridgehead atoms. The zero-order chi connectivity index (χ0) is 10.7. The Morgan fingerprint density at radius 3 is 2.53 bits per heavy atom. The van der Waals surface area contributed by atoms with Gasteiger partial charge in [0.2, 0.25) is 0 Å². The minimum atomic E-state index is 0.463. The van der Waals surface area contributed by atoms with E-state index in [1.165, 1.54) is 6.33 Å². The van der Waals surface area contributed by atoms with Gasteiger partial charge in [0.15, 0.2) is 0 Å². The zero-order valence-corrected chi connectivity index (χ0v) is 10.7. The molecule has 0 aliphatic rings. The van der Waals surface area contributed by atoms with Crippen LogP contribution in [0.5, 0.6) is 0 Å². The van der Waals surface area contributed by atoms with Crippen molar-refractivity contribution >= 4 is 39.3 Å². The second kappa shape index (κ2) is 4.96. The molecule has 0 spiro atoms. The lowest BCUT2D eigenvalue weighted by Crippen LogP contribution is -1.82. The molecule has 0 unspecified atom stereocenters. The van der Waals surface area contributed by atoms with Crippen LogP contribution in [-0.4, -0.2) is 9.97 Å². The lowest BCUT2D eigenvalue weighted by molar-refractivity contribution is 1.05. The van der Waals surface area contributed by atoms with Gasteiger partial charge in [-0.1, -0.05) is 39.3 Å². The lowest BCUT2D eigenvalue weighted by atomic mass is 10.4. The van der Waals surface area contributed by atoms with Gasteiger partial charge in [-0.15, -0.1) is 0 Å². The minimum absolute atomic E-state index is 0.463. The summed E-state index contributed by atoms with van der Waals surface area (Å²) in [5, 5.41) is 1.31. The van der Waals surface area contributed by atoms with Gasteiger partial charge < -0.3 is 0 Å². The Kier molecular flexibility index (Phi) is 3.61. The summed E-state index contributed by atoms with van der Waals surface area (Å²) in [7, 11) is 0. The van der Waals surface area contributed by atoms with Crippen LogP contribution in [0.1, 0.15) is 0 Å². The number of halogens is 2. The van der Waals surface area contributed by atoms with Crippen molar-refractivity contribution in [3.05, 3.63) is 46.3 Å². The summed E-state index contributed by atoms with van der Waals surface area (Å²) >= 11 is 10.7. The molecule has 1 aromatic heterocycles. The minimum Gasteiger partial charge on any atom is -0.230 e. The van der Waals surface area contributed by atoms with Crippen molar-refractivity contribution in [3.63, 3.8) is 0 Å². The summed E-state index contributed by atoms with van der Waals surface area (Å²) in [5.74, 6) is 0. The van der Waals surface area contributed by atoms with Crippen molar-refractivity contribution in [1.29, 1.82) is 0 Å². The Bertz CT molecular complexity index is 461. The monoisotopic (exact) mass is 300 g/mol. The van der Waals surface area contributed by atoms with E-state index in [2.05, 4.69) is 25.9 Å². The normalized spacial score (nSPS) is 10.3. The van der Waals surface area contributed by atoms with Gasteiger partial charge in [-0.3, -0.25) is 0 Å². The Morgan fingerprint density at radius 2 is 1.87 bits per heavy atom. The maximum atomic E-state index is 5.76. The Morgan fingerprint density at radius 1 is 1.13 bits per heavy atom. The van der Waals surface area contributed by atoms with Crippen LogP contribution in [0.4, 0.5) is 0 Å². The van der Waals surface area contributed by atoms with Gasteiger partial charge in [0.05, 0.1) is 0 Å². The first-order valence-electron chi connectivity index (χ1n) is 4.15. The third-order valence-electron chi connectivity index (χ3n) is 1.64. The molecule has 2 rings (SSSR count). The highest BCUT2D eigenvalue weighted by Gasteiger charge is 1.99. The smallest absolute Gasteiger partial charge is 0.133 e. The van der Waals surface area contributed by atoms with E-state index in [1.54, 1.807) is 17.8 Å². The van der Waals surface area contributed by atoms with E-state index in [-0.39, 0.29) is 0 Å². The van der Waals surface area contributed by atoms with Crippen LogP contribution >= 0.6 is 39.3 Å².